The molecule has 0 amide bonds. The number of allylic oxidation sites excluding steroid dienone is 1. The highest BCUT2D eigenvalue weighted by atomic mass is 127. The average molecular weight is 486 g/mol. The Kier molecular flexibility index (Phi) is 6.54. The Bertz CT molecular complexity index is 1040. The molecule has 0 atom stereocenters. The molecule has 0 heterocycles. The van der Waals surface area contributed by atoms with E-state index in [2.05, 4.69) is 53.8 Å². The predicted molar refractivity (Wildman–Crippen MR) is 120 cm³/mol. The van der Waals surface area contributed by atoms with E-state index < -0.39 is 0 Å². The number of aryl methyl sites for hydroxylation is 1. The number of halogens is 2. The second kappa shape index (κ2) is 9.07. The minimum absolute atomic E-state index is 0.524. The zero-order valence-corrected chi connectivity index (χ0v) is 17.7. The molecule has 2 nitrogen and oxygen atoms in total. The fourth-order valence-electron chi connectivity index (χ4n) is 2.70. The Morgan fingerprint density at radius 3 is 2.63 bits per heavy atom. The molecule has 27 heavy (non-hydrogen) atoms. The van der Waals surface area contributed by atoms with Gasteiger partial charge in [0.1, 0.15) is 12.4 Å². The third-order valence-electron chi connectivity index (χ3n) is 4.03. The van der Waals surface area contributed by atoms with Crippen molar-refractivity contribution in [1.82, 2.24) is 0 Å². The molecule has 0 aliphatic heterocycles. The standard InChI is InChI=1S/C23H17ClINO/c1-16-5-4-6-18(11-16)15-27-23-10-9-17(13-22(23)25)12-19(14-26)20-7-2-3-8-21(20)24/h2-13H,15H2,1H3. The van der Waals surface area contributed by atoms with Crippen LogP contribution in [0.5, 0.6) is 5.75 Å². The molecule has 3 rings (SSSR count). The molecule has 0 fully saturated rings. The van der Waals surface area contributed by atoms with Gasteiger partial charge in [-0.25, -0.2) is 0 Å². The summed E-state index contributed by atoms with van der Waals surface area (Å²) in [6, 6.07) is 23.8. The first-order valence-electron chi connectivity index (χ1n) is 8.41. The first kappa shape index (κ1) is 19.5. The Morgan fingerprint density at radius 1 is 1.11 bits per heavy atom. The third kappa shape index (κ3) is 5.12. The van der Waals surface area contributed by atoms with Gasteiger partial charge in [0.2, 0.25) is 0 Å². The zero-order chi connectivity index (χ0) is 19.2. The quantitative estimate of drug-likeness (QED) is 0.224. The summed E-state index contributed by atoms with van der Waals surface area (Å²) in [7, 11) is 0. The molecule has 3 aromatic carbocycles. The lowest BCUT2D eigenvalue weighted by atomic mass is 10.0. The van der Waals surface area contributed by atoms with E-state index in [-0.39, 0.29) is 0 Å². The normalized spacial score (nSPS) is 11.1. The maximum absolute atomic E-state index is 9.52. The number of nitriles is 1. The van der Waals surface area contributed by atoms with Gasteiger partial charge in [0.25, 0.3) is 0 Å². The van der Waals surface area contributed by atoms with Gasteiger partial charge in [-0.3, -0.25) is 0 Å². The highest BCUT2D eigenvalue weighted by Gasteiger charge is 2.07. The van der Waals surface area contributed by atoms with Gasteiger partial charge in [0, 0.05) is 10.6 Å². The molecule has 0 bridgehead atoms. The van der Waals surface area contributed by atoms with Gasteiger partial charge in [-0.05, 0) is 64.9 Å². The second-order valence-electron chi connectivity index (χ2n) is 6.12. The molecule has 0 aliphatic rings. The van der Waals surface area contributed by atoms with Crippen molar-refractivity contribution in [3.8, 4) is 11.8 Å². The molecule has 0 aromatic heterocycles. The van der Waals surface area contributed by atoms with Crippen LogP contribution in [0.1, 0.15) is 22.3 Å². The molecule has 4 heteroatoms. The summed E-state index contributed by atoms with van der Waals surface area (Å²) in [5.41, 5.74) is 4.55. The SMILES string of the molecule is Cc1cccc(COc2ccc(C=C(C#N)c3ccccc3Cl)cc2I)c1. The number of hydrogen-bond donors (Lipinski definition) is 0. The van der Waals surface area contributed by atoms with Gasteiger partial charge in [-0.2, -0.15) is 5.26 Å². The average Bonchev–Trinajstić information content (AvgIpc) is 2.66. The maximum Gasteiger partial charge on any atom is 0.133 e. The number of benzene rings is 3. The summed E-state index contributed by atoms with van der Waals surface area (Å²) in [5, 5.41) is 10.1. The summed E-state index contributed by atoms with van der Waals surface area (Å²) in [5.74, 6) is 0.825. The second-order valence-corrected chi connectivity index (χ2v) is 7.69. The summed E-state index contributed by atoms with van der Waals surface area (Å²) in [4.78, 5) is 0. The minimum atomic E-state index is 0.524. The summed E-state index contributed by atoms with van der Waals surface area (Å²) < 4.78 is 6.94. The van der Waals surface area contributed by atoms with Gasteiger partial charge in [-0.15, -0.1) is 0 Å². The molecule has 0 spiro atoms. The molecular formula is C23H17ClINO. The molecule has 134 valence electrons. The molecule has 0 unspecified atom stereocenters. The van der Waals surface area contributed by atoms with E-state index in [4.69, 9.17) is 16.3 Å². The highest BCUT2D eigenvalue weighted by Crippen LogP contribution is 2.28. The lowest BCUT2D eigenvalue weighted by Crippen LogP contribution is -1.97. The monoisotopic (exact) mass is 485 g/mol. The molecule has 0 radical (unpaired) electrons. The van der Waals surface area contributed by atoms with Crippen molar-refractivity contribution in [3.05, 3.63) is 97.6 Å². The van der Waals surface area contributed by atoms with E-state index in [0.717, 1.165) is 26.0 Å². The molecular weight excluding hydrogens is 469 g/mol. The van der Waals surface area contributed by atoms with E-state index in [1.165, 1.54) is 5.56 Å². The van der Waals surface area contributed by atoms with E-state index in [1.54, 1.807) is 6.07 Å². The fraction of sp³-hybridized carbons (Fsp3) is 0.0870. The Labute approximate surface area is 178 Å². The summed E-state index contributed by atoms with van der Waals surface area (Å²) >= 11 is 8.47. The topological polar surface area (TPSA) is 33.0 Å². The van der Waals surface area contributed by atoms with Crippen molar-refractivity contribution in [2.75, 3.05) is 0 Å². The Morgan fingerprint density at radius 2 is 1.93 bits per heavy atom. The first-order valence-corrected chi connectivity index (χ1v) is 9.87. The maximum atomic E-state index is 9.52. The van der Waals surface area contributed by atoms with Crippen LogP contribution in [0, 0.1) is 21.8 Å². The molecule has 3 aromatic rings. The Hall–Kier alpha value is -2.29. The van der Waals surface area contributed by atoms with Crippen molar-refractivity contribution in [2.45, 2.75) is 13.5 Å². The lowest BCUT2D eigenvalue weighted by molar-refractivity contribution is 0.304. The molecule has 0 saturated carbocycles. The van der Waals surface area contributed by atoms with Crippen LogP contribution in [0.2, 0.25) is 5.02 Å². The largest absolute Gasteiger partial charge is 0.488 e. The van der Waals surface area contributed by atoms with Crippen LogP contribution in [0.4, 0.5) is 0 Å². The van der Waals surface area contributed by atoms with Gasteiger partial charge in [-0.1, -0.05) is 65.7 Å². The lowest BCUT2D eigenvalue weighted by Gasteiger charge is -2.10. The van der Waals surface area contributed by atoms with Crippen LogP contribution in [0.25, 0.3) is 11.6 Å². The van der Waals surface area contributed by atoms with Gasteiger partial charge < -0.3 is 4.74 Å². The highest BCUT2D eigenvalue weighted by molar-refractivity contribution is 14.1. The number of ether oxygens (including phenoxy) is 1. The van der Waals surface area contributed by atoms with Crippen LogP contribution in [-0.4, -0.2) is 0 Å². The van der Waals surface area contributed by atoms with E-state index in [9.17, 15) is 5.26 Å². The summed E-state index contributed by atoms with van der Waals surface area (Å²) in [6.07, 6.45) is 1.84. The van der Waals surface area contributed by atoms with Crippen LogP contribution < -0.4 is 4.74 Å². The zero-order valence-electron chi connectivity index (χ0n) is 14.7. The van der Waals surface area contributed by atoms with Crippen molar-refractivity contribution in [1.29, 1.82) is 5.26 Å². The van der Waals surface area contributed by atoms with E-state index in [1.807, 2.05) is 48.5 Å². The van der Waals surface area contributed by atoms with Crippen molar-refractivity contribution >= 4 is 45.8 Å². The van der Waals surface area contributed by atoms with Crippen molar-refractivity contribution < 1.29 is 4.74 Å². The van der Waals surface area contributed by atoms with Crippen LogP contribution in [-0.2, 0) is 6.61 Å². The minimum Gasteiger partial charge on any atom is -0.488 e. The fourth-order valence-corrected chi connectivity index (χ4v) is 3.64. The molecule has 0 aliphatic carbocycles. The number of hydrogen-bond acceptors (Lipinski definition) is 2. The summed E-state index contributed by atoms with van der Waals surface area (Å²) in [6.45, 7) is 2.59. The van der Waals surface area contributed by atoms with E-state index in [0.29, 0.717) is 17.2 Å². The van der Waals surface area contributed by atoms with Crippen molar-refractivity contribution in [3.63, 3.8) is 0 Å². The number of rotatable bonds is 5. The molecule has 0 N–H and O–H groups in total. The first-order chi connectivity index (χ1) is 13.1. The van der Waals surface area contributed by atoms with E-state index >= 15 is 0 Å². The van der Waals surface area contributed by atoms with Crippen LogP contribution >= 0.6 is 34.2 Å². The van der Waals surface area contributed by atoms with Crippen LogP contribution in [0.15, 0.2) is 66.7 Å². The van der Waals surface area contributed by atoms with Crippen LogP contribution in [0.3, 0.4) is 0 Å². The molecule has 0 saturated heterocycles. The Balaban J connectivity index is 1.80. The predicted octanol–water partition coefficient (Wildman–Crippen LogP) is 6.90. The van der Waals surface area contributed by atoms with Gasteiger partial charge in [0.05, 0.1) is 15.2 Å². The van der Waals surface area contributed by atoms with Gasteiger partial charge in [0.15, 0.2) is 0 Å². The third-order valence-corrected chi connectivity index (χ3v) is 5.20. The smallest absolute Gasteiger partial charge is 0.133 e. The number of nitrogens with zero attached hydrogens (tertiary/aromatic N) is 1. The van der Waals surface area contributed by atoms with Gasteiger partial charge >= 0.3 is 0 Å². The van der Waals surface area contributed by atoms with Crippen molar-refractivity contribution in [2.24, 2.45) is 0 Å².